The number of amides is 9. The van der Waals surface area contributed by atoms with Gasteiger partial charge in [0.25, 0.3) is 0 Å². The van der Waals surface area contributed by atoms with Crippen molar-refractivity contribution in [1.29, 1.82) is 0 Å². The molecule has 1 fully saturated rings. The van der Waals surface area contributed by atoms with Crippen LogP contribution in [0.15, 0.2) is 73.3 Å². The molecule has 9 atom stereocenters. The van der Waals surface area contributed by atoms with E-state index in [-0.39, 0.29) is 64.5 Å². The van der Waals surface area contributed by atoms with Crippen LogP contribution in [0.4, 0.5) is 0 Å². The molecule has 3 heterocycles. The quantitative estimate of drug-likeness (QED) is 0.0246. The zero-order chi connectivity index (χ0) is 61.5. The van der Waals surface area contributed by atoms with E-state index in [2.05, 4.69) is 52.2 Å². The van der Waals surface area contributed by atoms with Gasteiger partial charge in [-0.1, -0.05) is 62.4 Å². The van der Waals surface area contributed by atoms with Gasteiger partial charge in [0.2, 0.25) is 53.2 Å². The van der Waals surface area contributed by atoms with E-state index in [1.807, 2.05) is 18.2 Å². The fourth-order valence-electron chi connectivity index (χ4n) is 9.61. The zero-order valence-electron chi connectivity index (χ0n) is 47.2. The first-order valence-electron chi connectivity index (χ1n) is 27.8. The highest BCUT2D eigenvalue weighted by molar-refractivity contribution is 7.98. The number of hydrogen-bond acceptors (Lipinski definition) is 15. The smallest absolute Gasteiger partial charge is 0.326 e. The van der Waals surface area contributed by atoms with Gasteiger partial charge < -0.3 is 79.5 Å². The van der Waals surface area contributed by atoms with Gasteiger partial charge in [-0.25, -0.2) is 9.78 Å². The number of para-hydroxylation sites is 1. The minimum atomic E-state index is -1.47. The van der Waals surface area contributed by atoms with Crippen LogP contribution >= 0.6 is 11.8 Å². The molecule has 0 saturated carbocycles. The van der Waals surface area contributed by atoms with Gasteiger partial charge in [0.15, 0.2) is 0 Å². The van der Waals surface area contributed by atoms with Crippen LogP contribution in [0.1, 0.15) is 88.5 Å². The number of carboxylic acid groups (broad SMARTS) is 2. The van der Waals surface area contributed by atoms with Gasteiger partial charge in [-0.15, -0.1) is 0 Å². The molecule has 2 aromatic carbocycles. The number of aromatic nitrogens is 3. The van der Waals surface area contributed by atoms with Crippen molar-refractivity contribution in [2.75, 3.05) is 25.1 Å². The molecule has 0 unspecified atom stereocenters. The first kappa shape index (κ1) is 66.4. The summed E-state index contributed by atoms with van der Waals surface area (Å²) in [6, 6.07) is 3.67. The lowest BCUT2D eigenvalue weighted by Crippen LogP contribution is -2.61. The lowest BCUT2D eigenvalue weighted by atomic mass is 10.0. The van der Waals surface area contributed by atoms with Crippen molar-refractivity contribution < 1.29 is 63.0 Å². The number of rotatable bonds is 35. The fraction of sp³-hybridized carbons (Fsp3) is 0.500. The van der Waals surface area contributed by atoms with Gasteiger partial charge in [0.1, 0.15) is 48.3 Å². The van der Waals surface area contributed by atoms with Crippen molar-refractivity contribution in [3.63, 3.8) is 0 Å². The monoisotopic (exact) mass is 1190 g/mol. The standard InChI is InChI=1S/C56H78N14O13S/c1-31(2)47(56(82)83)69-51(77)39(18-19-45(59)71)65-52(78)41(24-32-12-5-4-6-13-32)67-54(80)44-17-11-22-70(44)55(81)43(25-33-28-61-37-15-8-7-14-35(33)37)68-53(79)42(26-34-29-60-30-62-34)66-49(75)38(16-9-10-21-57)64-50(76)40(20-23-84-3)63-48(74)36(58)27-46(72)73/h4-8,12-15,28-31,36,38-44,47,61H,9-11,16-27,57-58H2,1-3H3,(H2,59,71)(H,60,62)(H,63,74)(H,64,76)(H,65,78)(H,66,75)(H,67,80)(H,68,79)(H,69,77)(H,72,73)(H,82,83)/t36-,38-,39-,40-,41-,42-,43-,44-,47-/m0/s1. The number of nitrogens with one attached hydrogen (secondary N) is 9. The minimum Gasteiger partial charge on any atom is -0.481 e. The fourth-order valence-corrected chi connectivity index (χ4v) is 10.1. The molecular weight excluding hydrogens is 1110 g/mol. The van der Waals surface area contributed by atoms with Crippen LogP contribution in [-0.2, 0) is 72.0 Å². The lowest BCUT2D eigenvalue weighted by molar-refractivity contribution is -0.144. The number of fused-ring (bicyclic) bond motifs is 1. The Morgan fingerprint density at radius 3 is 1.92 bits per heavy atom. The van der Waals surface area contributed by atoms with Gasteiger partial charge in [-0.05, 0) is 86.6 Å². The summed E-state index contributed by atoms with van der Waals surface area (Å²) in [5.41, 5.74) is 19.4. The van der Waals surface area contributed by atoms with Gasteiger partial charge in [0.05, 0.1) is 18.8 Å². The highest BCUT2D eigenvalue weighted by atomic mass is 32.2. The average molecular weight is 1190 g/mol. The topological polar surface area (TPSA) is 438 Å². The summed E-state index contributed by atoms with van der Waals surface area (Å²) in [5, 5.41) is 38.3. The van der Waals surface area contributed by atoms with Crippen molar-refractivity contribution in [2.45, 2.75) is 145 Å². The number of imidazole rings is 1. The van der Waals surface area contributed by atoms with E-state index in [0.717, 1.165) is 10.9 Å². The third-order valence-electron chi connectivity index (χ3n) is 14.2. The molecule has 2 aromatic heterocycles. The molecule has 9 amide bonds. The van der Waals surface area contributed by atoms with Crippen LogP contribution < -0.4 is 54.4 Å². The largest absolute Gasteiger partial charge is 0.481 e. The molecule has 17 N–H and O–H groups in total. The van der Waals surface area contributed by atoms with E-state index in [1.54, 1.807) is 62.7 Å². The third-order valence-corrected chi connectivity index (χ3v) is 14.8. The average Bonchev–Trinajstić information content (AvgIpc) is 3.52. The maximum absolute atomic E-state index is 15.2. The van der Waals surface area contributed by atoms with E-state index in [1.165, 1.54) is 29.2 Å². The van der Waals surface area contributed by atoms with Crippen LogP contribution in [0.5, 0.6) is 0 Å². The number of H-pyrrole nitrogens is 2. The second kappa shape index (κ2) is 33.1. The van der Waals surface area contributed by atoms with Crippen LogP contribution in [0.3, 0.4) is 0 Å². The Balaban J connectivity index is 1.45. The Kier molecular flexibility index (Phi) is 26.1. The van der Waals surface area contributed by atoms with E-state index >= 15 is 4.79 Å². The Bertz CT molecular complexity index is 2910. The number of carboxylic acids is 2. The minimum absolute atomic E-state index is 0.0412. The molecule has 84 heavy (non-hydrogen) atoms. The Morgan fingerprint density at radius 1 is 0.702 bits per heavy atom. The number of likely N-dealkylation sites (tertiary alicyclic amines) is 1. The number of primary amides is 1. The van der Waals surface area contributed by atoms with Crippen molar-refractivity contribution in [2.24, 2.45) is 23.1 Å². The predicted molar refractivity (Wildman–Crippen MR) is 310 cm³/mol. The molecule has 1 aliphatic heterocycles. The number of aliphatic carboxylic acids is 2. The van der Waals surface area contributed by atoms with E-state index in [9.17, 15) is 58.2 Å². The Labute approximate surface area is 489 Å². The summed E-state index contributed by atoms with van der Waals surface area (Å²) in [6.07, 6.45) is 5.90. The number of benzene rings is 2. The Morgan fingerprint density at radius 2 is 1.30 bits per heavy atom. The number of carbonyl (C=O) groups excluding carboxylic acids is 9. The van der Waals surface area contributed by atoms with E-state index < -0.39 is 132 Å². The highest BCUT2D eigenvalue weighted by Crippen LogP contribution is 2.24. The number of aromatic amines is 2. The van der Waals surface area contributed by atoms with Crippen LogP contribution in [0.25, 0.3) is 10.9 Å². The van der Waals surface area contributed by atoms with Crippen molar-refractivity contribution in [3.05, 3.63) is 90.1 Å². The molecule has 27 nitrogen and oxygen atoms in total. The van der Waals surface area contributed by atoms with Crippen LogP contribution in [0, 0.1) is 5.92 Å². The van der Waals surface area contributed by atoms with Gasteiger partial charge in [-0.3, -0.25) is 47.9 Å². The maximum Gasteiger partial charge on any atom is 0.326 e. The molecule has 0 spiro atoms. The molecule has 456 valence electrons. The van der Waals surface area contributed by atoms with Gasteiger partial charge in [-0.2, -0.15) is 11.8 Å². The molecule has 1 aliphatic rings. The predicted octanol–water partition coefficient (Wildman–Crippen LogP) is -1.01. The van der Waals surface area contributed by atoms with E-state index in [0.29, 0.717) is 41.8 Å². The summed E-state index contributed by atoms with van der Waals surface area (Å²) in [6.45, 7) is 3.46. The first-order valence-corrected chi connectivity index (χ1v) is 29.2. The number of unbranched alkanes of at least 4 members (excludes halogenated alkanes) is 1. The third kappa shape index (κ3) is 20.2. The molecule has 0 bridgehead atoms. The lowest BCUT2D eigenvalue weighted by Gasteiger charge is -2.31. The molecule has 0 radical (unpaired) electrons. The van der Waals surface area contributed by atoms with Crippen molar-refractivity contribution in [1.82, 2.24) is 57.1 Å². The number of thioether (sulfide) groups is 1. The molecule has 5 rings (SSSR count). The molecule has 1 saturated heterocycles. The number of nitrogens with two attached hydrogens (primary N) is 3. The van der Waals surface area contributed by atoms with Crippen LogP contribution in [0.2, 0.25) is 0 Å². The molecule has 4 aromatic rings. The number of nitrogens with zero attached hydrogens (tertiary/aromatic N) is 2. The second-order valence-corrected chi connectivity index (χ2v) is 21.9. The van der Waals surface area contributed by atoms with Crippen LogP contribution in [-0.4, -0.2) is 175 Å². The number of carbonyl (C=O) groups is 11. The van der Waals surface area contributed by atoms with Crippen molar-refractivity contribution in [3.8, 4) is 0 Å². The highest BCUT2D eigenvalue weighted by Gasteiger charge is 2.41. The van der Waals surface area contributed by atoms with Gasteiger partial charge >= 0.3 is 11.9 Å². The first-order chi connectivity index (χ1) is 40.1. The summed E-state index contributed by atoms with van der Waals surface area (Å²) in [7, 11) is 0. The normalized spacial score (nSPS) is 15.9. The summed E-state index contributed by atoms with van der Waals surface area (Å²) in [5.74, 6) is -10.1. The zero-order valence-corrected chi connectivity index (χ0v) is 48.0. The molecular formula is C56H78N14O13S. The maximum atomic E-state index is 15.2. The summed E-state index contributed by atoms with van der Waals surface area (Å²) >= 11 is 1.38. The number of hydrogen-bond donors (Lipinski definition) is 14. The summed E-state index contributed by atoms with van der Waals surface area (Å²) in [4.78, 5) is 161. The van der Waals surface area contributed by atoms with Gasteiger partial charge in [0, 0.05) is 61.2 Å². The Hall–Kier alpha value is -8.37. The molecule has 0 aliphatic carbocycles. The summed E-state index contributed by atoms with van der Waals surface area (Å²) < 4.78 is 0. The molecule has 28 heteroatoms. The van der Waals surface area contributed by atoms with Crippen molar-refractivity contribution >= 4 is 87.8 Å². The SMILES string of the molecule is CSCC[C@H](NC(=O)[C@@H](N)CC(=O)O)C(=O)N[C@@H](CCCCN)C(=O)N[C@@H](Cc1cnc[nH]1)C(=O)N[C@@H](Cc1c[nH]c2ccccc12)C(=O)N1CCC[C@H]1C(=O)N[C@@H](Cc1ccccc1)C(=O)N[C@@H](CCC(N)=O)C(=O)N[C@H](C(=O)O)C(C)C. The van der Waals surface area contributed by atoms with E-state index in [4.69, 9.17) is 17.2 Å². The second-order valence-electron chi connectivity index (χ2n) is 20.9.